The highest BCUT2D eigenvalue weighted by Gasteiger charge is 2.37. The first-order chi connectivity index (χ1) is 20.9. The van der Waals surface area contributed by atoms with Crippen molar-refractivity contribution in [3.8, 4) is 16.9 Å². The molecule has 2 bridgehead atoms. The van der Waals surface area contributed by atoms with Gasteiger partial charge >= 0.3 is 5.69 Å². The van der Waals surface area contributed by atoms with Crippen LogP contribution in [0.5, 0.6) is 5.75 Å². The molecule has 4 N–H and O–H groups in total. The van der Waals surface area contributed by atoms with E-state index in [1.807, 2.05) is 13.1 Å². The standard InChI is InChI=1S/C30H33ClFN7O3S/c1-34-14-4-5-18(8-14)41-12-17-13-42-26-23(19-6-7-22(32)27-24(19)36-29(33)43-27)21(31)9-20-25(26)39(17)30(40)37-28(20)38-10-15-2-3-16(11-38)35-15/h6-7,9,14-18,34-35H,2-5,8,10-13H2,1H3,(H2,33,36)/t14?,15?,16?,17-,18?/m0/s1. The molecule has 4 aliphatic rings. The second-order valence-corrected chi connectivity index (χ2v) is 13.6. The molecule has 0 amide bonds. The lowest BCUT2D eigenvalue weighted by molar-refractivity contribution is 0.0217. The molecule has 2 saturated heterocycles. The molecular weight excluding hydrogens is 593 g/mol. The molecule has 13 heteroatoms. The maximum atomic E-state index is 14.8. The van der Waals surface area contributed by atoms with E-state index >= 15 is 0 Å². The van der Waals surface area contributed by atoms with Crippen LogP contribution in [0.4, 0.5) is 15.3 Å². The second-order valence-electron chi connectivity index (χ2n) is 12.1. The van der Waals surface area contributed by atoms with Crippen molar-refractivity contribution in [2.24, 2.45) is 0 Å². The smallest absolute Gasteiger partial charge is 0.350 e. The predicted octanol–water partition coefficient (Wildman–Crippen LogP) is 4.08. The number of nitrogens with two attached hydrogens (primary N) is 1. The molecule has 2 aromatic carbocycles. The Bertz CT molecular complexity index is 1800. The van der Waals surface area contributed by atoms with Gasteiger partial charge in [0.25, 0.3) is 0 Å². The van der Waals surface area contributed by atoms with Crippen LogP contribution in [0.1, 0.15) is 38.1 Å². The highest BCUT2D eigenvalue weighted by Crippen LogP contribution is 2.49. The van der Waals surface area contributed by atoms with Crippen molar-refractivity contribution in [1.82, 2.24) is 25.2 Å². The minimum Gasteiger partial charge on any atom is -0.488 e. The van der Waals surface area contributed by atoms with Gasteiger partial charge in [-0.25, -0.2) is 14.2 Å². The topological polar surface area (TPSA) is 120 Å². The number of nitrogens with zero attached hydrogens (tertiary/aromatic N) is 4. The average Bonchev–Trinajstić information content (AvgIpc) is 3.72. The number of hydrogen-bond acceptors (Lipinski definition) is 10. The van der Waals surface area contributed by atoms with E-state index in [1.165, 1.54) is 6.07 Å². The molecule has 43 heavy (non-hydrogen) atoms. The molecule has 5 heterocycles. The van der Waals surface area contributed by atoms with Gasteiger partial charge in [-0.3, -0.25) is 4.57 Å². The molecule has 1 saturated carbocycles. The Balaban J connectivity index is 1.30. The maximum Gasteiger partial charge on any atom is 0.350 e. The number of rotatable bonds is 6. The van der Waals surface area contributed by atoms with E-state index < -0.39 is 5.82 Å². The van der Waals surface area contributed by atoms with Gasteiger partial charge in [-0.1, -0.05) is 22.9 Å². The van der Waals surface area contributed by atoms with Crippen molar-refractivity contribution in [3.05, 3.63) is 39.5 Å². The van der Waals surface area contributed by atoms with Crippen LogP contribution in [0.2, 0.25) is 5.02 Å². The lowest BCUT2D eigenvalue weighted by atomic mass is 9.99. The summed E-state index contributed by atoms with van der Waals surface area (Å²) < 4.78 is 29.7. The van der Waals surface area contributed by atoms with Gasteiger partial charge in [-0.15, -0.1) is 0 Å². The summed E-state index contributed by atoms with van der Waals surface area (Å²) in [5, 5.41) is 8.40. The number of hydrogen-bond donors (Lipinski definition) is 3. The summed E-state index contributed by atoms with van der Waals surface area (Å²) in [6.45, 7) is 2.06. The largest absolute Gasteiger partial charge is 0.488 e. The number of fused-ring (bicyclic) bond motifs is 3. The van der Waals surface area contributed by atoms with Crippen LogP contribution in [-0.2, 0) is 4.74 Å². The fourth-order valence-corrected chi connectivity index (χ4v) is 8.50. The zero-order chi connectivity index (χ0) is 29.4. The number of anilines is 2. The van der Waals surface area contributed by atoms with Crippen molar-refractivity contribution in [1.29, 1.82) is 0 Å². The van der Waals surface area contributed by atoms with E-state index in [0.29, 0.717) is 68.2 Å². The summed E-state index contributed by atoms with van der Waals surface area (Å²) in [7, 11) is 1.98. The Morgan fingerprint density at radius 1 is 1.23 bits per heavy atom. The number of ether oxygens (including phenoxy) is 2. The quantitative estimate of drug-likeness (QED) is 0.291. The van der Waals surface area contributed by atoms with Crippen molar-refractivity contribution in [2.45, 2.75) is 62.4 Å². The minimum absolute atomic E-state index is 0.122. The summed E-state index contributed by atoms with van der Waals surface area (Å²) in [4.78, 5) is 25.3. The third-order valence-electron chi connectivity index (χ3n) is 9.50. The highest BCUT2D eigenvalue weighted by molar-refractivity contribution is 7.22. The van der Waals surface area contributed by atoms with Crippen LogP contribution in [0, 0.1) is 5.82 Å². The minimum atomic E-state index is -0.402. The first-order valence-electron chi connectivity index (χ1n) is 14.9. The Kier molecular flexibility index (Phi) is 6.75. The van der Waals surface area contributed by atoms with Crippen molar-refractivity contribution >= 4 is 55.0 Å². The summed E-state index contributed by atoms with van der Waals surface area (Å²) >= 11 is 8.16. The SMILES string of the molecule is CNC1CCC(OC[C@H]2COc3c(-c4ccc(F)c5sc(N)nc45)c(Cl)cc4c(N5CC6CCC(C5)N6)nc(=O)n2c34)C1. The predicted molar refractivity (Wildman–Crippen MR) is 167 cm³/mol. The van der Waals surface area contributed by atoms with Gasteiger partial charge in [0.2, 0.25) is 0 Å². The van der Waals surface area contributed by atoms with Gasteiger partial charge < -0.3 is 30.7 Å². The van der Waals surface area contributed by atoms with Crippen molar-refractivity contribution in [3.63, 3.8) is 0 Å². The van der Waals surface area contributed by atoms with E-state index in [4.69, 9.17) is 26.8 Å². The van der Waals surface area contributed by atoms with Crippen molar-refractivity contribution < 1.29 is 13.9 Å². The van der Waals surface area contributed by atoms with E-state index in [-0.39, 0.29) is 29.6 Å². The fraction of sp³-hybridized carbons (Fsp3) is 0.500. The summed E-state index contributed by atoms with van der Waals surface area (Å²) in [6, 6.07) is 5.69. The van der Waals surface area contributed by atoms with E-state index in [2.05, 4.69) is 25.5 Å². The average molecular weight is 626 g/mol. The molecular formula is C30H33ClFN7O3S. The van der Waals surface area contributed by atoms with E-state index in [0.717, 1.165) is 61.9 Å². The number of nitrogen functional groups attached to an aromatic ring is 1. The summed E-state index contributed by atoms with van der Waals surface area (Å²) in [5.74, 6) is 0.679. The van der Waals surface area contributed by atoms with Gasteiger partial charge in [0, 0.05) is 47.7 Å². The zero-order valence-corrected chi connectivity index (χ0v) is 25.3. The lowest BCUT2D eigenvalue weighted by Crippen LogP contribution is -2.52. The van der Waals surface area contributed by atoms with Crippen molar-refractivity contribution in [2.75, 3.05) is 44.0 Å². The van der Waals surface area contributed by atoms with Gasteiger partial charge in [0.05, 0.1) is 39.5 Å². The molecule has 3 fully saturated rings. The number of benzene rings is 2. The normalized spacial score (nSPS) is 26.5. The van der Waals surface area contributed by atoms with Gasteiger partial charge in [-0.05, 0) is 57.4 Å². The fourth-order valence-electron chi connectivity index (χ4n) is 7.44. The third-order valence-corrected chi connectivity index (χ3v) is 10.7. The summed E-state index contributed by atoms with van der Waals surface area (Å²) in [6.07, 6.45) is 5.29. The molecule has 226 valence electrons. The van der Waals surface area contributed by atoms with Crippen LogP contribution < -0.4 is 31.7 Å². The lowest BCUT2D eigenvalue weighted by Gasteiger charge is -2.36. The molecule has 10 nitrogen and oxygen atoms in total. The monoisotopic (exact) mass is 625 g/mol. The Morgan fingerprint density at radius 3 is 2.81 bits per heavy atom. The van der Waals surface area contributed by atoms with Gasteiger partial charge in [0.1, 0.15) is 18.2 Å². The van der Waals surface area contributed by atoms with Crippen LogP contribution >= 0.6 is 22.9 Å². The molecule has 1 aliphatic carbocycles. The molecule has 0 spiro atoms. The van der Waals surface area contributed by atoms with Crippen LogP contribution in [-0.4, -0.2) is 72.1 Å². The molecule has 4 aromatic rings. The second kappa shape index (κ2) is 10.6. The number of piperazine rings is 1. The zero-order valence-electron chi connectivity index (χ0n) is 23.7. The summed E-state index contributed by atoms with van der Waals surface area (Å²) in [5.41, 5.74) is 7.86. The molecule has 4 unspecified atom stereocenters. The van der Waals surface area contributed by atoms with E-state index in [1.54, 1.807) is 10.6 Å². The van der Waals surface area contributed by atoms with Gasteiger partial charge in [0.15, 0.2) is 10.9 Å². The molecule has 5 atom stereocenters. The van der Waals surface area contributed by atoms with Crippen LogP contribution in [0.15, 0.2) is 23.0 Å². The molecule has 0 radical (unpaired) electrons. The Hall–Kier alpha value is -3.03. The molecule has 3 aliphatic heterocycles. The molecule has 2 aromatic heterocycles. The molecule has 8 rings (SSSR count). The number of halogens is 2. The number of aromatic nitrogens is 3. The van der Waals surface area contributed by atoms with Crippen LogP contribution in [0.3, 0.4) is 0 Å². The number of thiazole rings is 1. The third kappa shape index (κ3) is 4.57. The number of nitrogens with one attached hydrogen (secondary N) is 2. The Labute approximate surface area is 256 Å². The van der Waals surface area contributed by atoms with Crippen LogP contribution in [0.25, 0.3) is 32.2 Å². The van der Waals surface area contributed by atoms with E-state index in [9.17, 15) is 9.18 Å². The first kappa shape index (κ1) is 27.5. The highest BCUT2D eigenvalue weighted by atomic mass is 35.5. The van der Waals surface area contributed by atoms with Gasteiger partial charge in [-0.2, -0.15) is 4.98 Å². The maximum absolute atomic E-state index is 14.8. The Morgan fingerprint density at radius 2 is 2.05 bits per heavy atom. The first-order valence-corrected chi connectivity index (χ1v) is 16.1.